The van der Waals surface area contributed by atoms with Crippen LogP contribution >= 0.6 is 0 Å². The Balaban J connectivity index is 1.66. The summed E-state index contributed by atoms with van der Waals surface area (Å²) in [7, 11) is 0. The molecule has 2 nitrogen and oxygen atoms in total. The molecular weight excluding hydrogens is 267 g/mol. The van der Waals surface area contributed by atoms with Crippen LogP contribution in [-0.2, 0) is 11.3 Å². The SMILES string of the molecule is Fc1cc(F)c(CNCCOC2CCCCC2)cc1F. The molecule has 0 spiro atoms. The summed E-state index contributed by atoms with van der Waals surface area (Å²) in [4.78, 5) is 0. The van der Waals surface area contributed by atoms with Gasteiger partial charge in [-0.25, -0.2) is 13.2 Å². The third-order valence-corrected chi connectivity index (χ3v) is 3.59. The Hall–Kier alpha value is -1.07. The summed E-state index contributed by atoms with van der Waals surface area (Å²) in [6, 6.07) is 1.46. The highest BCUT2D eigenvalue weighted by Crippen LogP contribution is 2.20. The monoisotopic (exact) mass is 287 g/mol. The molecule has 0 atom stereocenters. The summed E-state index contributed by atoms with van der Waals surface area (Å²) in [5.74, 6) is -2.92. The van der Waals surface area contributed by atoms with Crippen molar-refractivity contribution >= 4 is 0 Å². The molecule has 0 aromatic heterocycles. The Bertz CT molecular complexity index is 433. The van der Waals surface area contributed by atoms with Crippen LogP contribution in [0.3, 0.4) is 0 Å². The number of benzene rings is 1. The maximum atomic E-state index is 13.4. The van der Waals surface area contributed by atoms with Crippen LogP contribution in [0.2, 0.25) is 0 Å². The van der Waals surface area contributed by atoms with Gasteiger partial charge in [-0.15, -0.1) is 0 Å². The van der Waals surface area contributed by atoms with Gasteiger partial charge in [-0.05, 0) is 18.9 Å². The highest BCUT2D eigenvalue weighted by atomic mass is 19.2. The fourth-order valence-electron chi connectivity index (χ4n) is 2.45. The van der Waals surface area contributed by atoms with E-state index in [1.165, 1.54) is 19.3 Å². The van der Waals surface area contributed by atoms with E-state index in [1.54, 1.807) is 0 Å². The van der Waals surface area contributed by atoms with Crippen LogP contribution in [-0.4, -0.2) is 19.3 Å². The number of hydrogen-bond acceptors (Lipinski definition) is 2. The van der Waals surface area contributed by atoms with Crippen molar-refractivity contribution in [3.63, 3.8) is 0 Å². The summed E-state index contributed by atoms with van der Waals surface area (Å²) >= 11 is 0. The summed E-state index contributed by atoms with van der Waals surface area (Å²) in [5.41, 5.74) is 0.126. The maximum absolute atomic E-state index is 13.4. The fraction of sp³-hybridized carbons (Fsp3) is 0.600. The van der Waals surface area contributed by atoms with Crippen molar-refractivity contribution in [3.8, 4) is 0 Å². The molecule has 0 aliphatic heterocycles. The van der Waals surface area contributed by atoms with Gasteiger partial charge in [-0.1, -0.05) is 19.3 Å². The molecule has 1 aliphatic carbocycles. The highest BCUT2D eigenvalue weighted by molar-refractivity contribution is 5.19. The van der Waals surface area contributed by atoms with Crippen molar-refractivity contribution in [2.45, 2.75) is 44.8 Å². The number of ether oxygens (including phenoxy) is 1. The first-order chi connectivity index (χ1) is 9.66. The van der Waals surface area contributed by atoms with Crippen molar-refractivity contribution < 1.29 is 17.9 Å². The van der Waals surface area contributed by atoms with Crippen molar-refractivity contribution in [2.75, 3.05) is 13.2 Å². The van der Waals surface area contributed by atoms with Crippen LogP contribution < -0.4 is 5.32 Å². The van der Waals surface area contributed by atoms with Gasteiger partial charge in [-0.3, -0.25) is 0 Å². The molecule has 0 unspecified atom stereocenters. The minimum absolute atomic E-state index is 0.126. The van der Waals surface area contributed by atoms with E-state index in [1.807, 2.05) is 0 Å². The quantitative estimate of drug-likeness (QED) is 0.638. The number of nitrogens with one attached hydrogen (secondary N) is 1. The summed E-state index contributed by atoms with van der Waals surface area (Å²) in [6.45, 7) is 1.28. The number of rotatable bonds is 6. The average Bonchev–Trinajstić information content (AvgIpc) is 2.45. The second-order valence-electron chi connectivity index (χ2n) is 5.17. The molecule has 0 amide bonds. The standard InChI is InChI=1S/C15H20F3NO/c16-13-9-15(18)14(17)8-11(13)10-19-6-7-20-12-4-2-1-3-5-12/h8-9,12,19H,1-7,10H2. The molecule has 0 saturated heterocycles. The van der Waals surface area contributed by atoms with Crippen LogP contribution in [0.25, 0.3) is 0 Å². The van der Waals surface area contributed by atoms with Crippen molar-refractivity contribution in [2.24, 2.45) is 0 Å². The van der Waals surface area contributed by atoms with Gasteiger partial charge in [0.15, 0.2) is 11.6 Å². The molecule has 1 N–H and O–H groups in total. The molecule has 0 radical (unpaired) electrons. The number of halogens is 3. The largest absolute Gasteiger partial charge is 0.377 e. The predicted octanol–water partition coefficient (Wildman–Crippen LogP) is 3.54. The average molecular weight is 287 g/mol. The molecule has 112 valence electrons. The topological polar surface area (TPSA) is 21.3 Å². The van der Waals surface area contributed by atoms with Gasteiger partial charge < -0.3 is 10.1 Å². The van der Waals surface area contributed by atoms with Crippen LogP contribution in [0.15, 0.2) is 12.1 Å². The first-order valence-corrected chi connectivity index (χ1v) is 7.12. The van der Waals surface area contributed by atoms with Crippen molar-refractivity contribution in [1.29, 1.82) is 0 Å². The Morgan fingerprint density at radius 2 is 1.70 bits per heavy atom. The second kappa shape index (κ2) is 7.64. The van der Waals surface area contributed by atoms with E-state index in [0.29, 0.717) is 25.3 Å². The lowest BCUT2D eigenvalue weighted by molar-refractivity contribution is 0.0302. The molecule has 1 aromatic rings. The van der Waals surface area contributed by atoms with Crippen LogP contribution in [0.5, 0.6) is 0 Å². The van der Waals surface area contributed by atoms with Gasteiger partial charge >= 0.3 is 0 Å². The van der Waals surface area contributed by atoms with E-state index in [9.17, 15) is 13.2 Å². The Morgan fingerprint density at radius 3 is 2.45 bits per heavy atom. The van der Waals surface area contributed by atoms with Gasteiger partial charge in [0.2, 0.25) is 0 Å². The highest BCUT2D eigenvalue weighted by Gasteiger charge is 2.13. The third kappa shape index (κ3) is 4.49. The molecule has 1 saturated carbocycles. The van der Waals surface area contributed by atoms with Crippen molar-refractivity contribution in [3.05, 3.63) is 35.1 Å². The lowest BCUT2D eigenvalue weighted by Gasteiger charge is -2.22. The molecule has 1 aromatic carbocycles. The zero-order chi connectivity index (χ0) is 14.4. The first kappa shape index (κ1) is 15.3. The minimum atomic E-state index is -1.16. The summed E-state index contributed by atoms with van der Waals surface area (Å²) < 4.78 is 44.8. The third-order valence-electron chi connectivity index (χ3n) is 3.59. The molecule has 0 heterocycles. The van der Waals surface area contributed by atoms with Gasteiger partial charge in [0.1, 0.15) is 5.82 Å². The van der Waals surface area contributed by atoms with Crippen LogP contribution in [0.1, 0.15) is 37.7 Å². The normalized spacial score (nSPS) is 16.6. The minimum Gasteiger partial charge on any atom is -0.377 e. The van der Waals surface area contributed by atoms with Gasteiger partial charge in [0.05, 0.1) is 12.7 Å². The fourth-order valence-corrected chi connectivity index (χ4v) is 2.45. The summed E-state index contributed by atoms with van der Waals surface area (Å²) in [5, 5.41) is 2.97. The smallest absolute Gasteiger partial charge is 0.161 e. The Morgan fingerprint density at radius 1 is 1.00 bits per heavy atom. The predicted molar refractivity (Wildman–Crippen MR) is 70.8 cm³/mol. The molecule has 2 rings (SSSR count). The lowest BCUT2D eigenvalue weighted by atomic mass is 9.98. The maximum Gasteiger partial charge on any atom is 0.161 e. The molecule has 0 bridgehead atoms. The molecule has 1 aliphatic rings. The Kier molecular flexibility index (Phi) is 5.86. The summed E-state index contributed by atoms with van der Waals surface area (Å²) in [6.07, 6.45) is 6.28. The van der Waals surface area contributed by atoms with Crippen LogP contribution in [0.4, 0.5) is 13.2 Å². The van der Waals surface area contributed by atoms with E-state index in [2.05, 4.69) is 5.32 Å². The van der Waals surface area contributed by atoms with E-state index in [0.717, 1.165) is 18.9 Å². The molecule has 20 heavy (non-hydrogen) atoms. The molecular formula is C15H20F3NO. The zero-order valence-corrected chi connectivity index (χ0v) is 11.4. The first-order valence-electron chi connectivity index (χ1n) is 7.12. The van der Waals surface area contributed by atoms with E-state index < -0.39 is 17.5 Å². The van der Waals surface area contributed by atoms with Gasteiger partial charge in [0, 0.05) is 24.7 Å². The Labute approximate surface area is 117 Å². The van der Waals surface area contributed by atoms with Crippen LogP contribution in [0, 0.1) is 17.5 Å². The van der Waals surface area contributed by atoms with Gasteiger partial charge in [-0.2, -0.15) is 0 Å². The lowest BCUT2D eigenvalue weighted by Crippen LogP contribution is -2.24. The van der Waals surface area contributed by atoms with E-state index in [-0.39, 0.29) is 12.1 Å². The molecule has 5 heteroatoms. The van der Waals surface area contributed by atoms with Gasteiger partial charge in [0.25, 0.3) is 0 Å². The zero-order valence-electron chi connectivity index (χ0n) is 11.4. The van der Waals surface area contributed by atoms with E-state index >= 15 is 0 Å². The second-order valence-corrected chi connectivity index (χ2v) is 5.17. The van der Waals surface area contributed by atoms with Crippen molar-refractivity contribution in [1.82, 2.24) is 5.32 Å². The molecule has 1 fully saturated rings. The number of hydrogen-bond donors (Lipinski definition) is 1. The van der Waals surface area contributed by atoms with E-state index in [4.69, 9.17) is 4.74 Å².